The van der Waals surface area contributed by atoms with E-state index >= 15 is 0 Å². The summed E-state index contributed by atoms with van der Waals surface area (Å²) in [6, 6.07) is 10.7. The van der Waals surface area contributed by atoms with E-state index < -0.39 is 11.7 Å². The fraction of sp³-hybridized carbons (Fsp3) is 0.532. The van der Waals surface area contributed by atoms with Crippen molar-refractivity contribution < 1.29 is 42.9 Å². The molecule has 2 aliphatic heterocycles. The number of carbonyl (C=O) groups excluding carboxylic acids is 4. The van der Waals surface area contributed by atoms with E-state index in [4.69, 9.17) is 33.7 Å². The van der Waals surface area contributed by atoms with Crippen molar-refractivity contribution >= 4 is 68.1 Å². The van der Waals surface area contributed by atoms with Crippen LogP contribution < -0.4 is 40.2 Å². The van der Waals surface area contributed by atoms with Gasteiger partial charge in [-0.3, -0.25) is 19.7 Å². The number of hydrogen-bond acceptors (Lipinski definition) is 15. The van der Waals surface area contributed by atoms with Crippen molar-refractivity contribution in [2.75, 3.05) is 41.1 Å². The zero-order valence-corrected chi connectivity index (χ0v) is 38.1. The first-order valence-electron chi connectivity index (χ1n) is 22.6. The van der Waals surface area contributed by atoms with Crippen molar-refractivity contribution in [3.05, 3.63) is 57.3 Å². The Bertz CT molecular complexity index is 2500. The number of ether oxygens (including phenoxy) is 5. The largest absolute Gasteiger partial charge is 0.486 e. The van der Waals surface area contributed by atoms with E-state index in [1.165, 1.54) is 41.9 Å². The lowest BCUT2D eigenvalue weighted by atomic mass is 9.77. The molecule has 0 radical (unpaired) electrons. The maximum Gasteiger partial charge on any atom is 0.413 e. The van der Waals surface area contributed by atoms with Crippen molar-refractivity contribution in [1.29, 1.82) is 0 Å². The number of amides is 2. The van der Waals surface area contributed by atoms with Gasteiger partial charge in [-0.25, -0.2) is 14.8 Å². The van der Waals surface area contributed by atoms with Crippen molar-refractivity contribution in [3.63, 3.8) is 0 Å². The third kappa shape index (κ3) is 8.48. The molecule has 10 rings (SSSR count). The molecule has 5 unspecified atom stereocenters. The second-order valence-corrected chi connectivity index (χ2v) is 21.2. The molecule has 0 saturated heterocycles. The zero-order chi connectivity index (χ0) is 44.3. The highest BCUT2D eigenvalue weighted by atomic mass is 32.1. The van der Waals surface area contributed by atoms with Crippen LogP contribution in [0.15, 0.2) is 36.4 Å². The lowest BCUT2D eigenvalue weighted by Gasteiger charge is -2.40. The molecular weight excluding hydrogens is 857 g/mol. The lowest BCUT2D eigenvalue weighted by molar-refractivity contribution is -0.116. The third-order valence-electron chi connectivity index (χ3n) is 13.6. The van der Waals surface area contributed by atoms with E-state index in [1.54, 1.807) is 57.2 Å². The van der Waals surface area contributed by atoms with Crippen LogP contribution in [0.3, 0.4) is 0 Å². The molecule has 7 atom stereocenters. The summed E-state index contributed by atoms with van der Waals surface area (Å²) in [4.78, 5) is 64.2. The summed E-state index contributed by atoms with van der Waals surface area (Å²) in [7, 11) is 0. The first kappa shape index (κ1) is 42.5. The van der Waals surface area contributed by atoms with Crippen LogP contribution in [0.1, 0.15) is 122 Å². The monoisotopic (exact) mass is 910 g/mol. The molecule has 2 aromatic heterocycles. The number of hydrogen-bond donors (Lipinski definition) is 4. The van der Waals surface area contributed by atoms with E-state index in [0.29, 0.717) is 105 Å². The molecule has 4 aromatic rings. The molecule has 64 heavy (non-hydrogen) atoms. The summed E-state index contributed by atoms with van der Waals surface area (Å²) in [6.07, 6.45) is 8.44. The van der Waals surface area contributed by atoms with Gasteiger partial charge in [0.05, 0.1) is 0 Å². The minimum atomic E-state index is -0.730. The highest BCUT2D eigenvalue weighted by Crippen LogP contribution is 2.58. The van der Waals surface area contributed by atoms with Gasteiger partial charge in [-0.05, 0) is 126 Å². The molecule has 4 saturated carbocycles. The first-order chi connectivity index (χ1) is 30.8. The number of rotatable bonds is 13. The number of benzene rings is 2. The van der Waals surface area contributed by atoms with E-state index in [0.717, 1.165) is 38.0 Å². The Morgan fingerprint density at radius 3 is 2.08 bits per heavy atom. The smallest absolute Gasteiger partial charge is 0.413 e. The number of thiazole rings is 2. The lowest BCUT2D eigenvalue weighted by Crippen LogP contribution is -2.44. The van der Waals surface area contributed by atoms with Gasteiger partial charge >= 0.3 is 6.09 Å². The van der Waals surface area contributed by atoms with Gasteiger partial charge in [0.25, 0.3) is 0 Å². The Kier molecular flexibility index (Phi) is 11.2. The molecule has 338 valence electrons. The van der Waals surface area contributed by atoms with Gasteiger partial charge < -0.3 is 39.6 Å². The van der Waals surface area contributed by atoms with Crippen molar-refractivity contribution in [2.24, 2.45) is 23.2 Å². The van der Waals surface area contributed by atoms with Crippen LogP contribution in [0.5, 0.6) is 23.0 Å². The number of anilines is 4. The minimum Gasteiger partial charge on any atom is -0.486 e. The molecule has 2 aromatic carbocycles. The Balaban J connectivity index is 0.851. The summed E-state index contributed by atoms with van der Waals surface area (Å²) < 4.78 is 30.1. The molecule has 15 nitrogen and oxygen atoms in total. The zero-order valence-electron chi connectivity index (χ0n) is 36.5. The quantitative estimate of drug-likeness (QED) is 0.0930. The average molecular weight is 911 g/mol. The number of carbonyl (C=O) groups is 4. The summed E-state index contributed by atoms with van der Waals surface area (Å²) in [6.45, 7) is 8.51. The molecule has 4 N–H and O–H groups in total. The van der Waals surface area contributed by atoms with Gasteiger partial charge in [-0.1, -0.05) is 36.0 Å². The normalized spacial score (nSPS) is 26.1. The molecular formula is C47H54N6O9S2. The standard InChI is InChI=1S/C47H54N6O9S2/c1-5-6-36(54)50-41-39(37(55)26-9-11-31-33(19-26)59-16-15-58-31)63-44(51-41)49-30-22-47(14-13-28(30)21-47)35-23-60-32-12-10-27(20-34(32)61-35)38(56)40-42(53-45(57)62-46(2,3)4)52-43(64-40)48-29-18-24-7-8-25(29)17-24/h9-12,19-20,24-25,28-30,35H,5-8,13-18,21-23H2,1-4H3,(H,48,52)(H,49,51)(H,50,54)(H,53,57)/t24?,25?,28?,29-,30-,35?,47?/m0/s1. The fourth-order valence-electron chi connectivity index (χ4n) is 10.7. The van der Waals surface area contributed by atoms with Gasteiger partial charge in [-0.15, -0.1) is 0 Å². The first-order valence-corrected chi connectivity index (χ1v) is 24.2. The van der Waals surface area contributed by atoms with Crippen LogP contribution in [0.4, 0.5) is 26.7 Å². The number of ketones is 2. The highest BCUT2D eigenvalue weighted by Gasteiger charge is 2.56. The van der Waals surface area contributed by atoms with Crippen LogP contribution in [-0.4, -0.2) is 77.1 Å². The summed E-state index contributed by atoms with van der Waals surface area (Å²) in [5.74, 6) is 3.47. The van der Waals surface area contributed by atoms with E-state index in [1.807, 2.05) is 6.92 Å². The molecule has 4 aliphatic carbocycles. The van der Waals surface area contributed by atoms with Gasteiger partial charge in [0.1, 0.15) is 41.3 Å². The van der Waals surface area contributed by atoms with E-state index in [9.17, 15) is 19.2 Å². The predicted octanol–water partition coefficient (Wildman–Crippen LogP) is 9.33. The van der Waals surface area contributed by atoms with Gasteiger partial charge in [0.15, 0.2) is 44.9 Å². The van der Waals surface area contributed by atoms with Crippen LogP contribution in [0, 0.1) is 23.2 Å². The number of nitrogens with one attached hydrogen (secondary N) is 4. The predicted molar refractivity (Wildman–Crippen MR) is 243 cm³/mol. The van der Waals surface area contributed by atoms with E-state index in [2.05, 4.69) is 21.3 Å². The molecule has 4 fully saturated rings. The highest BCUT2D eigenvalue weighted by molar-refractivity contribution is 7.18. The van der Waals surface area contributed by atoms with Crippen LogP contribution >= 0.6 is 22.7 Å². The topological polar surface area (TPSA) is 188 Å². The summed E-state index contributed by atoms with van der Waals surface area (Å²) in [5.41, 5.74) is -0.111. The summed E-state index contributed by atoms with van der Waals surface area (Å²) in [5, 5.41) is 14.0. The fourth-order valence-corrected chi connectivity index (χ4v) is 12.6. The van der Waals surface area contributed by atoms with E-state index in [-0.39, 0.29) is 46.7 Å². The SMILES string of the molecule is CCCC(=O)Nc1nc(N[C@H]2CC3(C4COc5ccc(C(=O)c6sc(N[C@H]7CC8CCC7C8)nc6NC(=O)OC(C)(C)C)cc5O4)CCC2C3)sc1C(=O)c1ccc2c(c1)OCCO2. The molecule has 4 heterocycles. The maximum absolute atomic E-state index is 14.4. The third-order valence-corrected chi connectivity index (χ3v) is 15.6. The minimum absolute atomic E-state index is 0.0543. The van der Waals surface area contributed by atoms with Crippen molar-refractivity contribution in [2.45, 2.75) is 116 Å². The van der Waals surface area contributed by atoms with Crippen molar-refractivity contribution in [3.8, 4) is 23.0 Å². The number of fused-ring (bicyclic) bond motifs is 6. The Morgan fingerprint density at radius 1 is 0.766 bits per heavy atom. The number of aromatic nitrogens is 2. The molecule has 4 bridgehead atoms. The Morgan fingerprint density at radius 2 is 1.42 bits per heavy atom. The second-order valence-electron chi connectivity index (χ2n) is 19.2. The van der Waals surface area contributed by atoms with Crippen LogP contribution in [-0.2, 0) is 9.53 Å². The molecule has 0 spiro atoms. The van der Waals surface area contributed by atoms with Gasteiger partial charge in [-0.2, -0.15) is 0 Å². The summed E-state index contributed by atoms with van der Waals surface area (Å²) >= 11 is 2.48. The number of nitrogens with zero attached hydrogens (tertiary/aromatic N) is 2. The maximum atomic E-state index is 14.4. The van der Waals surface area contributed by atoms with Crippen molar-refractivity contribution in [1.82, 2.24) is 9.97 Å². The molecule has 6 aliphatic rings. The van der Waals surface area contributed by atoms with Gasteiger partial charge in [0.2, 0.25) is 17.5 Å². The van der Waals surface area contributed by atoms with Crippen LogP contribution in [0.25, 0.3) is 0 Å². The molecule has 17 heteroatoms. The van der Waals surface area contributed by atoms with Gasteiger partial charge in [0, 0.05) is 35.0 Å². The Hall–Kier alpha value is -5.42. The Labute approximate surface area is 379 Å². The molecule has 2 amide bonds. The van der Waals surface area contributed by atoms with Crippen LogP contribution in [0.2, 0.25) is 0 Å². The average Bonchev–Trinajstić information content (AvgIpc) is 4.15. The second kappa shape index (κ2) is 16.9.